The van der Waals surface area contributed by atoms with Crippen molar-refractivity contribution >= 4 is 16.8 Å². The van der Waals surface area contributed by atoms with E-state index in [4.69, 9.17) is 9.47 Å². The Labute approximate surface area is 198 Å². The van der Waals surface area contributed by atoms with Crippen LogP contribution in [0.1, 0.15) is 22.3 Å². The summed E-state index contributed by atoms with van der Waals surface area (Å²) in [6.07, 6.45) is 1.48. The minimum atomic E-state index is -0.589. The molecule has 0 atom stereocenters. The summed E-state index contributed by atoms with van der Waals surface area (Å²) in [7, 11) is 1.58. The first-order chi connectivity index (χ1) is 16.5. The van der Waals surface area contributed by atoms with Crippen molar-refractivity contribution in [3.05, 3.63) is 70.0 Å². The van der Waals surface area contributed by atoms with E-state index in [1.54, 1.807) is 31.3 Å². The zero-order chi connectivity index (χ0) is 23.9. The first kappa shape index (κ1) is 23.8. The first-order valence-corrected chi connectivity index (χ1v) is 11.7. The lowest BCUT2D eigenvalue weighted by Crippen LogP contribution is -2.38. The van der Waals surface area contributed by atoms with Crippen LogP contribution in [0.25, 0.3) is 10.9 Å². The predicted molar refractivity (Wildman–Crippen MR) is 131 cm³/mol. The van der Waals surface area contributed by atoms with E-state index < -0.39 is 17.2 Å². The molecule has 3 aromatic rings. The number of pyridine rings is 1. The Bertz CT molecular complexity index is 1200. The zero-order valence-electron chi connectivity index (χ0n) is 19.5. The van der Waals surface area contributed by atoms with Crippen LogP contribution in [0.15, 0.2) is 53.3 Å². The highest BCUT2D eigenvalue weighted by atomic mass is 16.5. The maximum Gasteiger partial charge on any atom is 0.293 e. The molecule has 180 valence electrons. The molecule has 1 aromatic heterocycles. The number of amides is 1. The minimum Gasteiger partial charge on any atom is -0.502 e. The molecular formula is C26H31N3O5. The number of ether oxygens (including phenoxy) is 2. The van der Waals surface area contributed by atoms with Gasteiger partial charge in [0.05, 0.1) is 24.3 Å². The molecular weight excluding hydrogens is 434 g/mol. The minimum absolute atomic E-state index is 0.0226. The molecule has 8 heteroatoms. The molecule has 2 aromatic carbocycles. The summed E-state index contributed by atoms with van der Waals surface area (Å²) in [4.78, 5) is 27.5. The van der Waals surface area contributed by atoms with Crippen molar-refractivity contribution in [3.63, 3.8) is 0 Å². The Kier molecular flexibility index (Phi) is 7.82. The number of para-hydroxylation sites is 1. The third-order valence-electron chi connectivity index (χ3n) is 6.11. The number of carbonyl (C=O) groups is 1. The first-order valence-electron chi connectivity index (χ1n) is 11.7. The van der Waals surface area contributed by atoms with Crippen LogP contribution in [-0.4, -0.2) is 66.5 Å². The van der Waals surface area contributed by atoms with Gasteiger partial charge < -0.3 is 24.5 Å². The molecule has 1 aliphatic rings. The Morgan fingerprint density at radius 3 is 2.76 bits per heavy atom. The lowest BCUT2D eigenvalue weighted by Gasteiger charge is -2.26. The summed E-state index contributed by atoms with van der Waals surface area (Å²) >= 11 is 0. The molecule has 1 fully saturated rings. The van der Waals surface area contributed by atoms with Crippen LogP contribution in [0.3, 0.4) is 0 Å². The standard InChI is InChI=1S/C26H31N3O5/c1-28-22-10-3-2-9-21(22)23(24(30)26(28)32)25(31)27-11-5-7-19-6-4-8-20(18-19)34-17-14-29-12-15-33-16-13-29/h2-4,6,8-10,18,30H,5,7,11-17H2,1H3,(H,27,31). The molecule has 0 saturated carbocycles. The fourth-order valence-corrected chi connectivity index (χ4v) is 4.20. The van der Waals surface area contributed by atoms with Crippen LogP contribution in [0.4, 0.5) is 0 Å². The molecule has 1 aliphatic heterocycles. The summed E-state index contributed by atoms with van der Waals surface area (Å²) in [6, 6.07) is 15.0. The highest BCUT2D eigenvalue weighted by Crippen LogP contribution is 2.23. The van der Waals surface area contributed by atoms with Crippen LogP contribution in [0, 0.1) is 0 Å². The summed E-state index contributed by atoms with van der Waals surface area (Å²) in [5, 5.41) is 13.7. The summed E-state index contributed by atoms with van der Waals surface area (Å²) in [6.45, 7) is 5.38. The predicted octanol–water partition coefficient (Wildman–Crippen LogP) is 2.32. The van der Waals surface area contributed by atoms with E-state index in [9.17, 15) is 14.7 Å². The van der Waals surface area contributed by atoms with E-state index in [-0.39, 0.29) is 5.56 Å². The molecule has 0 bridgehead atoms. The van der Waals surface area contributed by atoms with Crippen LogP contribution < -0.4 is 15.6 Å². The van der Waals surface area contributed by atoms with Crippen molar-refractivity contribution in [2.24, 2.45) is 7.05 Å². The molecule has 0 unspecified atom stereocenters. The van der Waals surface area contributed by atoms with E-state index >= 15 is 0 Å². The molecule has 2 N–H and O–H groups in total. The molecule has 1 amide bonds. The molecule has 34 heavy (non-hydrogen) atoms. The van der Waals surface area contributed by atoms with Gasteiger partial charge in [0, 0.05) is 38.6 Å². The number of aryl methyl sites for hydroxylation is 2. The van der Waals surface area contributed by atoms with E-state index in [2.05, 4.69) is 10.2 Å². The van der Waals surface area contributed by atoms with Gasteiger partial charge in [-0.25, -0.2) is 0 Å². The topological polar surface area (TPSA) is 93.0 Å². The number of fused-ring (bicyclic) bond motifs is 1. The SMILES string of the molecule is Cn1c(=O)c(O)c(C(=O)NCCCc2cccc(OCCN3CCOCC3)c2)c2ccccc21. The van der Waals surface area contributed by atoms with E-state index in [0.717, 1.165) is 50.6 Å². The van der Waals surface area contributed by atoms with Crippen LogP contribution >= 0.6 is 0 Å². The Hall–Kier alpha value is -3.36. The fourth-order valence-electron chi connectivity index (χ4n) is 4.20. The largest absolute Gasteiger partial charge is 0.502 e. The van der Waals surface area contributed by atoms with Crippen LogP contribution in [0.5, 0.6) is 11.5 Å². The maximum absolute atomic E-state index is 12.8. The van der Waals surface area contributed by atoms with Gasteiger partial charge in [0.25, 0.3) is 11.5 Å². The van der Waals surface area contributed by atoms with Crippen LogP contribution in [0.2, 0.25) is 0 Å². The molecule has 0 spiro atoms. The van der Waals surface area contributed by atoms with Gasteiger partial charge in [0.2, 0.25) is 0 Å². The third-order valence-corrected chi connectivity index (χ3v) is 6.11. The van der Waals surface area contributed by atoms with Crippen LogP contribution in [-0.2, 0) is 18.2 Å². The average Bonchev–Trinajstić information content (AvgIpc) is 2.86. The highest BCUT2D eigenvalue weighted by Gasteiger charge is 2.20. The molecule has 0 aliphatic carbocycles. The van der Waals surface area contributed by atoms with Crippen molar-refractivity contribution in [2.75, 3.05) is 46.0 Å². The fraction of sp³-hybridized carbons (Fsp3) is 0.385. The molecule has 2 heterocycles. The quantitative estimate of drug-likeness (QED) is 0.471. The second-order valence-corrected chi connectivity index (χ2v) is 8.41. The molecule has 4 rings (SSSR count). The van der Waals surface area contributed by atoms with Crippen molar-refractivity contribution in [1.82, 2.24) is 14.8 Å². The number of hydrogen-bond donors (Lipinski definition) is 2. The van der Waals surface area contributed by atoms with Gasteiger partial charge >= 0.3 is 0 Å². The van der Waals surface area contributed by atoms with Gasteiger partial charge in [-0.1, -0.05) is 30.3 Å². The number of rotatable bonds is 9. The lowest BCUT2D eigenvalue weighted by molar-refractivity contribution is 0.0322. The summed E-state index contributed by atoms with van der Waals surface area (Å²) in [5.41, 5.74) is 1.16. The Morgan fingerprint density at radius 1 is 1.15 bits per heavy atom. The lowest BCUT2D eigenvalue weighted by atomic mass is 10.1. The van der Waals surface area contributed by atoms with Gasteiger partial charge in [0.15, 0.2) is 5.75 Å². The number of carbonyl (C=O) groups excluding carboxylic acids is 1. The number of benzene rings is 2. The van der Waals surface area contributed by atoms with Crippen molar-refractivity contribution in [1.29, 1.82) is 0 Å². The van der Waals surface area contributed by atoms with Crippen molar-refractivity contribution in [2.45, 2.75) is 12.8 Å². The van der Waals surface area contributed by atoms with Gasteiger partial charge in [-0.2, -0.15) is 0 Å². The van der Waals surface area contributed by atoms with Crippen molar-refractivity contribution < 1.29 is 19.4 Å². The second-order valence-electron chi connectivity index (χ2n) is 8.41. The monoisotopic (exact) mass is 465 g/mol. The summed E-state index contributed by atoms with van der Waals surface area (Å²) < 4.78 is 12.6. The number of hydrogen-bond acceptors (Lipinski definition) is 6. The van der Waals surface area contributed by atoms with E-state index in [0.29, 0.717) is 30.5 Å². The van der Waals surface area contributed by atoms with E-state index in [1.807, 2.05) is 24.3 Å². The number of morpholine rings is 1. The van der Waals surface area contributed by atoms with Gasteiger partial charge in [-0.05, 0) is 36.6 Å². The Morgan fingerprint density at radius 2 is 1.94 bits per heavy atom. The second kappa shape index (κ2) is 11.2. The molecule has 8 nitrogen and oxygen atoms in total. The number of aromatic nitrogens is 1. The zero-order valence-corrected chi connectivity index (χ0v) is 19.5. The average molecular weight is 466 g/mol. The van der Waals surface area contributed by atoms with E-state index in [1.165, 1.54) is 4.57 Å². The normalized spacial score (nSPS) is 14.3. The summed E-state index contributed by atoms with van der Waals surface area (Å²) in [5.74, 6) is -0.140. The van der Waals surface area contributed by atoms with Gasteiger partial charge in [-0.15, -0.1) is 0 Å². The van der Waals surface area contributed by atoms with Gasteiger partial charge in [0.1, 0.15) is 12.4 Å². The Balaban J connectivity index is 1.29. The maximum atomic E-state index is 12.8. The number of aromatic hydroxyl groups is 1. The van der Waals surface area contributed by atoms with Gasteiger partial charge in [-0.3, -0.25) is 14.5 Å². The highest BCUT2D eigenvalue weighted by molar-refractivity contribution is 6.08. The molecule has 1 saturated heterocycles. The smallest absolute Gasteiger partial charge is 0.293 e. The van der Waals surface area contributed by atoms with Crippen molar-refractivity contribution in [3.8, 4) is 11.5 Å². The number of nitrogens with one attached hydrogen (secondary N) is 1. The third kappa shape index (κ3) is 5.58. The molecule has 0 radical (unpaired) electrons. The number of nitrogens with zero attached hydrogens (tertiary/aromatic N) is 2.